The van der Waals surface area contributed by atoms with Gasteiger partial charge in [0.05, 0.1) is 12.5 Å². The Morgan fingerprint density at radius 1 is 0.964 bits per heavy atom. The molecule has 0 unspecified atom stereocenters. The van der Waals surface area contributed by atoms with E-state index in [2.05, 4.69) is 5.16 Å². The van der Waals surface area contributed by atoms with E-state index in [-0.39, 0.29) is 6.61 Å². The summed E-state index contributed by atoms with van der Waals surface area (Å²) in [5, 5.41) is 14.9. The highest BCUT2D eigenvalue weighted by atomic mass is 16.5. The highest BCUT2D eigenvalue weighted by molar-refractivity contribution is 6.04. The van der Waals surface area contributed by atoms with Crippen molar-refractivity contribution in [3.05, 3.63) is 82.7 Å². The topological polar surface area (TPSA) is 81.3 Å². The second kappa shape index (κ2) is 7.44. The van der Waals surface area contributed by atoms with Crippen LogP contribution >= 0.6 is 0 Å². The Labute approximate surface area is 160 Å². The minimum Gasteiger partial charge on any atom is -0.497 e. The molecule has 0 amide bonds. The lowest BCUT2D eigenvalue weighted by Crippen LogP contribution is -2.13. The van der Waals surface area contributed by atoms with E-state index in [9.17, 15) is 10.0 Å². The normalized spacial score (nSPS) is 11.7. The Kier molecular flexibility index (Phi) is 4.68. The number of methoxy groups -OCH3 is 1. The third kappa shape index (κ3) is 3.27. The van der Waals surface area contributed by atoms with Gasteiger partial charge in [-0.25, -0.2) is 4.79 Å². The van der Waals surface area contributed by atoms with Crippen LogP contribution in [0.1, 0.15) is 5.56 Å². The van der Waals surface area contributed by atoms with Crippen LogP contribution in [-0.2, 0) is 0 Å². The standard InChI is InChI=1S/C22H17NO5/c1-26-15-6-4-5-14(11-15)20(23-25)13-27-16-9-10-18-17-7-2-3-8-19(17)22(24)28-21(18)12-16/h2-12,25H,13H2,1H3/b23-20-. The maximum Gasteiger partial charge on any atom is 0.344 e. The first-order valence-corrected chi connectivity index (χ1v) is 8.63. The number of ether oxygens (including phenoxy) is 2. The van der Waals surface area contributed by atoms with Crippen LogP contribution in [0.25, 0.3) is 21.7 Å². The average molecular weight is 375 g/mol. The van der Waals surface area contributed by atoms with Gasteiger partial charge in [-0.05, 0) is 35.7 Å². The van der Waals surface area contributed by atoms with Gasteiger partial charge in [0.2, 0.25) is 0 Å². The van der Waals surface area contributed by atoms with Gasteiger partial charge >= 0.3 is 5.63 Å². The van der Waals surface area contributed by atoms with Gasteiger partial charge < -0.3 is 19.1 Å². The minimum atomic E-state index is -0.394. The van der Waals surface area contributed by atoms with Crippen molar-refractivity contribution >= 4 is 27.5 Å². The van der Waals surface area contributed by atoms with E-state index in [0.29, 0.717) is 33.7 Å². The Morgan fingerprint density at radius 3 is 2.57 bits per heavy atom. The van der Waals surface area contributed by atoms with E-state index >= 15 is 0 Å². The highest BCUT2D eigenvalue weighted by Crippen LogP contribution is 2.26. The van der Waals surface area contributed by atoms with Crippen molar-refractivity contribution in [3.63, 3.8) is 0 Å². The van der Waals surface area contributed by atoms with Gasteiger partial charge in [0, 0.05) is 17.0 Å². The number of hydrogen-bond donors (Lipinski definition) is 1. The molecule has 0 aliphatic rings. The molecule has 6 heteroatoms. The smallest absolute Gasteiger partial charge is 0.344 e. The highest BCUT2D eigenvalue weighted by Gasteiger charge is 2.10. The monoisotopic (exact) mass is 375 g/mol. The molecule has 4 aromatic rings. The van der Waals surface area contributed by atoms with Gasteiger partial charge in [-0.2, -0.15) is 0 Å². The number of fused-ring (bicyclic) bond motifs is 3. The first-order valence-electron chi connectivity index (χ1n) is 8.63. The Balaban J connectivity index is 1.63. The molecule has 1 N–H and O–H groups in total. The van der Waals surface area contributed by atoms with E-state index in [1.165, 1.54) is 0 Å². The Morgan fingerprint density at radius 2 is 1.79 bits per heavy atom. The molecular weight excluding hydrogens is 358 g/mol. The third-order valence-corrected chi connectivity index (χ3v) is 4.49. The molecule has 6 nitrogen and oxygen atoms in total. The van der Waals surface area contributed by atoms with Gasteiger partial charge in [0.15, 0.2) is 0 Å². The van der Waals surface area contributed by atoms with E-state index in [4.69, 9.17) is 13.9 Å². The molecule has 0 saturated heterocycles. The summed E-state index contributed by atoms with van der Waals surface area (Å²) in [6, 6.07) is 19.7. The van der Waals surface area contributed by atoms with Crippen LogP contribution in [0, 0.1) is 0 Å². The lowest BCUT2D eigenvalue weighted by molar-refractivity contribution is 0.308. The van der Waals surface area contributed by atoms with Crippen molar-refractivity contribution in [1.29, 1.82) is 0 Å². The molecule has 0 radical (unpaired) electrons. The lowest BCUT2D eigenvalue weighted by Gasteiger charge is -2.10. The summed E-state index contributed by atoms with van der Waals surface area (Å²) in [5.41, 5.74) is 1.07. The molecule has 0 saturated carbocycles. The fourth-order valence-electron chi connectivity index (χ4n) is 3.07. The lowest BCUT2D eigenvalue weighted by atomic mass is 10.1. The number of rotatable bonds is 5. The second-order valence-electron chi connectivity index (χ2n) is 6.16. The summed E-state index contributed by atoms with van der Waals surface area (Å²) < 4.78 is 16.4. The largest absolute Gasteiger partial charge is 0.497 e. The fourth-order valence-corrected chi connectivity index (χ4v) is 3.07. The van der Waals surface area contributed by atoms with Crippen molar-refractivity contribution in [1.82, 2.24) is 0 Å². The molecule has 0 bridgehead atoms. The summed E-state index contributed by atoms with van der Waals surface area (Å²) >= 11 is 0. The van der Waals surface area contributed by atoms with Gasteiger partial charge in [0.1, 0.15) is 29.4 Å². The molecule has 0 aliphatic heterocycles. The summed E-state index contributed by atoms with van der Waals surface area (Å²) in [6.07, 6.45) is 0. The molecular formula is C22H17NO5. The van der Waals surface area contributed by atoms with Crippen LogP contribution < -0.4 is 15.1 Å². The maximum atomic E-state index is 12.2. The van der Waals surface area contributed by atoms with Crippen LogP contribution in [-0.4, -0.2) is 24.6 Å². The summed E-state index contributed by atoms with van der Waals surface area (Å²) in [5.74, 6) is 1.15. The first-order chi connectivity index (χ1) is 13.7. The average Bonchev–Trinajstić information content (AvgIpc) is 2.74. The third-order valence-electron chi connectivity index (χ3n) is 4.49. The Bertz CT molecular complexity index is 1240. The zero-order valence-corrected chi connectivity index (χ0v) is 15.1. The molecule has 140 valence electrons. The summed E-state index contributed by atoms with van der Waals surface area (Å²) in [7, 11) is 1.57. The summed E-state index contributed by atoms with van der Waals surface area (Å²) in [4.78, 5) is 12.2. The first kappa shape index (κ1) is 17.6. The SMILES string of the molecule is COc1cccc(/C(COc2ccc3c(c2)oc(=O)c2ccccc23)=N\O)c1. The number of nitrogens with zero attached hydrogens (tertiary/aromatic N) is 1. The van der Waals surface area contributed by atoms with Gasteiger partial charge in [-0.1, -0.05) is 35.5 Å². The van der Waals surface area contributed by atoms with Crippen molar-refractivity contribution < 1.29 is 19.1 Å². The van der Waals surface area contributed by atoms with Crippen LogP contribution in [0.5, 0.6) is 11.5 Å². The number of benzene rings is 3. The van der Waals surface area contributed by atoms with E-state index in [0.717, 1.165) is 10.8 Å². The zero-order chi connectivity index (χ0) is 19.5. The van der Waals surface area contributed by atoms with Crippen molar-refractivity contribution in [3.8, 4) is 11.5 Å². The van der Waals surface area contributed by atoms with E-state index in [1.807, 2.05) is 18.2 Å². The van der Waals surface area contributed by atoms with Crippen LogP contribution in [0.3, 0.4) is 0 Å². The molecule has 3 aromatic carbocycles. The van der Waals surface area contributed by atoms with Crippen molar-refractivity contribution in [2.75, 3.05) is 13.7 Å². The van der Waals surface area contributed by atoms with E-state index < -0.39 is 5.63 Å². The van der Waals surface area contributed by atoms with Crippen LogP contribution in [0.15, 0.2) is 81.1 Å². The molecule has 4 rings (SSSR count). The van der Waals surface area contributed by atoms with Crippen LogP contribution in [0.4, 0.5) is 0 Å². The maximum absolute atomic E-state index is 12.2. The quantitative estimate of drug-likeness (QED) is 0.186. The summed E-state index contributed by atoms with van der Waals surface area (Å²) in [6.45, 7) is 0.0347. The molecule has 1 heterocycles. The van der Waals surface area contributed by atoms with Gasteiger partial charge in [0.25, 0.3) is 0 Å². The van der Waals surface area contributed by atoms with Gasteiger partial charge in [-0.15, -0.1) is 0 Å². The molecule has 0 spiro atoms. The molecule has 0 atom stereocenters. The van der Waals surface area contributed by atoms with Crippen molar-refractivity contribution in [2.45, 2.75) is 0 Å². The predicted molar refractivity (Wildman–Crippen MR) is 107 cm³/mol. The fraction of sp³-hybridized carbons (Fsp3) is 0.0909. The van der Waals surface area contributed by atoms with Crippen LogP contribution in [0.2, 0.25) is 0 Å². The molecule has 0 fully saturated rings. The van der Waals surface area contributed by atoms with E-state index in [1.54, 1.807) is 55.6 Å². The zero-order valence-electron chi connectivity index (χ0n) is 15.1. The predicted octanol–water partition coefficient (Wildman–Crippen LogP) is 4.21. The molecule has 1 aromatic heterocycles. The minimum absolute atomic E-state index is 0.0347. The molecule has 0 aliphatic carbocycles. The second-order valence-corrected chi connectivity index (χ2v) is 6.16. The van der Waals surface area contributed by atoms with Crippen molar-refractivity contribution in [2.24, 2.45) is 5.16 Å². The number of hydrogen-bond acceptors (Lipinski definition) is 6. The molecule has 28 heavy (non-hydrogen) atoms. The number of oxime groups is 1. The Hall–Kier alpha value is -3.80. The van der Waals surface area contributed by atoms with Gasteiger partial charge in [-0.3, -0.25) is 0 Å².